The predicted molar refractivity (Wildman–Crippen MR) is 122 cm³/mol. The number of methoxy groups -OCH3 is 1. The summed E-state index contributed by atoms with van der Waals surface area (Å²) in [6.45, 7) is 7.06. The molecule has 162 valence electrons. The van der Waals surface area contributed by atoms with Crippen molar-refractivity contribution in [2.45, 2.75) is 19.4 Å². The summed E-state index contributed by atoms with van der Waals surface area (Å²) in [5.74, 6) is 2.64. The molecule has 4 aliphatic heterocycles. The van der Waals surface area contributed by atoms with Crippen molar-refractivity contribution < 1.29 is 14.2 Å². The van der Waals surface area contributed by atoms with Gasteiger partial charge in [-0.3, -0.25) is 0 Å². The second kappa shape index (κ2) is 7.24. The van der Waals surface area contributed by atoms with Crippen LogP contribution in [0.5, 0.6) is 17.2 Å². The normalized spacial score (nSPS) is 21.9. The molecule has 6 rings (SSSR count). The van der Waals surface area contributed by atoms with E-state index in [1.807, 2.05) is 4.42 Å². The summed E-state index contributed by atoms with van der Waals surface area (Å²) >= 11 is 6.23. The summed E-state index contributed by atoms with van der Waals surface area (Å²) in [5, 5.41) is 0. The highest BCUT2D eigenvalue weighted by Gasteiger charge is 2.35. The molecule has 6 nitrogen and oxygen atoms in total. The summed E-state index contributed by atoms with van der Waals surface area (Å²) in [6.07, 6.45) is 3.32. The van der Waals surface area contributed by atoms with Crippen LogP contribution in [-0.2, 0) is 6.42 Å². The van der Waals surface area contributed by atoms with E-state index in [2.05, 4.69) is 47.1 Å². The summed E-state index contributed by atoms with van der Waals surface area (Å²) < 4.78 is 19.0. The standard InChI is InChI=1S/C24H26ClN3O3/c1-15-23-17(3-4-20(29-2)24(23)26-7-9-27(25)10-8-26)11-19-18-13-22-21(30-14-31-22)12-16(18)5-6-28(15)19/h3-4,11-13,15H,5-10,14H2,1-2H3. The fourth-order valence-electron chi connectivity index (χ4n) is 5.38. The Balaban J connectivity index is 1.49. The van der Waals surface area contributed by atoms with Crippen LogP contribution in [-0.4, -0.2) is 55.9 Å². The fraction of sp³-hybridized carbons (Fsp3) is 0.417. The minimum Gasteiger partial charge on any atom is -0.495 e. The Bertz CT molecular complexity index is 1080. The first-order valence-electron chi connectivity index (χ1n) is 10.9. The van der Waals surface area contributed by atoms with Crippen molar-refractivity contribution in [1.29, 1.82) is 0 Å². The van der Waals surface area contributed by atoms with Gasteiger partial charge in [-0.1, -0.05) is 6.07 Å². The maximum Gasteiger partial charge on any atom is 0.231 e. The zero-order valence-electron chi connectivity index (χ0n) is 17.9. The van der Waals surface area contributed by atoms with Crippen molar-refractivity contribution in [2.24, 2.45) is 0 Å². The quantitative estimate of drug-likeness (QED) is 0.655. The molecule has 0 aromatic heterocycles. The summed E-state index contributed by atoms with van der Waals surface area (Å²) in [7, 11) is 1.76. The highest BCUT2D eigenvalue weighted by Crippen LogP contribution is 2.49. The molecule has 4 aliphatic rings. The molecule has 0 radical (unpaired) electrons. The predicted octanol–water partition coefficient (Wildman–Crippen LogP) is 4.13. The Labute approximate surface area is 187 Å². The molecule has 0 saturated carbocycles. The third-order valence-electron chi connectivity index (χ3n) is 6.96. The van der Waals surface area contributed by atoms with E-state index in [4.69, 9.17) is 26.0 Å². The van der Waals surface area contributed by atoms with Crippen molar-refractivity contribution in [3.05, 3.63) is 46.5 Å². The second-order valence-electron chi connectivity index (χ2n) is 8.53. The molecule has 2 aromatic carbocycles. The van der Waals surface area contributed by atoms with E-state index < -0.39 is 0 Å². The first-order valence-corrected chi connectivity index (χ1v) is 11.3. The van der Waals surface area contributed by atoms with Crippen LogP contribution in [0.2, 0.25) is 0 Å². The van der Waals surface area contributed by atoms with Gasteiger partial charge in [-0.05, 0) is 60.5 Å². The summed E-state index contributed by atoms with van der Waals surface area (Å²) in [6, 6.07) is 8.84. The molecule has 1 unspecified atom stereocenters. The molecule has 1 saturated heterocycles. The number of benzene rings is 2. The molecule has 0 aliphatic carbocycles. The monoisotopic (exact) mass is 439 g/mol. The molecular formula is C24H26ClN3O3. The summed E-state index contributed by atoms with van der Waals surface area (Å²) in [5.41, 5.74) is 7.66. The molecule has 0 N–H and O–H groups in total. The number of hydrogen-bond acceptors (Lipinski definition) is 6. The van der Waals surface area contributed by atoms with E-state index in [0.717, 1.165) is 56.4 Å². The van der Waals surface area contributed by atoms with Crippen molar-refractivity contribution in [1.82, 2.24) is 9.32 Å². The van der Waals surface area contributed by atoms with Crippen LogP contribution in [0.25, 0.3) is 11.8 Å². The average Bonchev–Trinajstić information content (AvgIpc) is 3.25. The van der Waals surface area contributed by atoms with E-state index in [1.165, 1.54) is 33.6 Å². The minimum absolute atomic E-state index is 0.243. The van der Waals surface area contributed by atoms with Gasteiger partial charge in [0.2, 0.25) is 6.79 Å². The fourth-order valence-corrected chi connectivity index (χ4v) is 5.53. The van der Waals surface area contributed by atoms with Gasteiger partial charge in [0.15, 0.2) is 11.5 Å². The van der Waals surface area contributed by atoms with Crippen LogP contribution in [0, 0.1) is 0 Å². The van der Waals surface area contributed by atoms with Crippen LogP contribution in [0.15, 0.2) is 24.3 Å². The Morgan fingerprint density at radius 3 is 2.58 bits per heavy atom. The van der Waals surface area contributed by atoms with Crippen LogP contribution in [0.3, 0.4) is 0 Å². The molecule has 2 aromatic rings. The number of halogens is 1. The molecule has 7 heteroatoms. The van der Waals surface area contributed by atoms with Crippen LogP contribution >= 0.6 is 11.8 Å². The van der Waals surface area contributed by atoms with Gasteiger partial charge in [0.1, 0.15) is 5.75 Å². The van der Waals surface area contributed by atoms with E-state index in [0.29, 0.717) is 6.79 Å². The van der Waals surface area contributed by atoms with E-state index in [9.17, 15) is 0 Å². The topological polar surface area (TPSA) is 37.4 Å². The Morgan fingerprint density at radius 1 is 1.03 bits per heavy atom. The lowest BCUT2D eigenvalue weighted by Gasteiger charge is -2.44. The molecule has 0 spiro atoms. The maximum atomic E-state index is 6.23. The highest BCUT2D eigenvalue weighted by molar-refractivity contribution is 6.13. The lowest BCUT2D eigenvalue weighted by molar-refractivity contribution is 0.174. The molecule has 0 bridgehead atoms. The lowest BCUT2D eigenvalue weighted by atomic mass is 9.86. The average molecular weight is 440 g/mol. The third-order valence-corrected chi connectivity index (χ3v) is 7.30. The number of piperazine rings is 1. The first-order chi connectivity index (χ1) is 15.1. The van der Waals surface area contributed by atoms with Gasteiger partial charge in [0, 0.05) is 49.5 Å². The highest BCUT2D eigenvalue weighted by atomic mass is 35.5. The van der Waals surface area contributed by atoms with Gasteiger partial charge < -0.3 is 24.0 Å². The molecule has 31 heavy (non-hydrogen) atoms. The summed E-state index contributed by atoms with van der Waals surface area (Å²) in [4.78, 5) is 4.95. The number of fused-ring (bicyclic) bond motifs is 5. The zero-order valence-corrected chi connectivity index (χ0v) is 18.6. The van der Waals surface area contributed by atoms with Crippen molar-refractivity contribution in [3.8, 4) is 17.2 Å². The largest absolute Gasteiger partial charge is 0.495 e. The van der Waals surface area contributed by atoms with Crippen molar-refractivity contribution in [3.63, 3.8) is 0 Å². The molecule has 1 fully saturated rings. The number of hydrogen-bond donors (Lipinski definition) is 0. The lowest BCUT2D eigenvalue weighted by Crippen LogP contribution is -2.44. The molecule has 0 amide bonds. The van der Waals surface area contributed by atoms with Crippen molar-refractivity contribution >= 4 is 29.2 Å². The van der Waals surface area contributed by atoms with Crippen LogP contribution in [0.4, 0.5) is 5.69 Å². The van der Waals surface area contributed by atoms with Crippen LogP contribution < -0.4 is 19.1 Å². The van der Waals surface area contributed by atoms with E-state index >= 15 is 0 Å². The molecule has 1 atom stereocenters. The maximum absolute atomic E-state index is 6.23. The zero-order chi connectivity index (χ0) is 21.1. The Kier molecular flexibility index (Phi) is 4.47. The van der Waals surface area contributed by atoms with Crippen LogP contribution in [0.1, 0.15) is 35.2 Å². The molecule has 4 heterocycles. The van der Waals surface area contributed by atoms with Gasteiger partial charge in [0.05, 0.1) is 18.8 Å². The second-order valence-corrected chi connectivity index (χ2v) is 9.01. The minimum atomic E-state index is 0.243. The Hall–Kier alpha value is -2.57. The van der Waals surface area contributed by atoms with E-state index in [-0.39, 0.29) is 6.04 Å². The number of nitrogens with zero attached hydrogens (tertiary/aromatic N) is 3. The smallest absolute Gasteiger partial charge is 0.231 e. The first kappa shape index (κ1) is 19.1. The number of ether oxygens (including phenoxy) is 3. The van der Waals surface area contributed by atoms with Gasteiger partial charge in [-0.25, -0.2) is 4.42 Å². The molecular weight excluding hydrogens is 414 g/mol. The SMILES string of the molecule is COc1ccc2c(c1N1CCN(Cl)CC1)C(C)N1CCc3cc4c(cc3C1=C2)OCO4. The van der Waals surface area contributed by atoms with Crippen molar-refractivity contribution in [2.75, 3.05) is 51.5 Å². The van der Waals surface area contributed by atoms with Gasteiger partial charge >= 0.3 is 0 Å². The van der Waals surface area contributed by atoms with Gasteiger partial charge in [0.25, 0.3) is 0 Å². The third kappa shape index (κ3) is 2.96. The number of rotatable bonds is 2. The number of anilines is 1. The Morgan fingerprint density at radius 2 is 1.81 bits per heavy atom. The van der Waals surface area contributed by atoms with E-state index in [1.54, 1.807) is 7.11 Å². The van der Waals surface area contributed by atoms with Gasteiger partial charge in [-0.2, -0.15) is 0 Å². The van der Waals surface area contributed by atoms with Gasteiger partial charge in [-0.15, -0.1) is 0 Å².